The van der Waals surface area contributed by atoms with E-state index in [2.05, 4.69) is 41.6 Å². The maximum absolute atomic E-state index is 12.0. The molecule has 1 amide bonds. The molecular formula is C19H38IN5O2. The summed E-state index contributed by atoms with van der Waals surface area (Å²) >= 11 is 0. The van der Waals surface area contributed by atoms with E-state index in [-0.39, 0.29) is 35.4 Å². The second kappa shape index (κ2) is 12.8. The van der Waals surface area contributed by atoms with Crippen molar-refractivity contribution in [2.75, 3.05) is 45.9 Å². The third-order valence-corrected chi connectivity index (χ3v) is 5.20. The lowest BCUT2D eigenvalue weighted by molar-refractivity contribution is -0.121. The fourth-order valence-corrected chi connectivity index (χ4v) is 3.55. The van der Waals surface area contributed by atoms with Crippen molar-refractivity contribution in [1.29, 1.82) is 0 Å². The highest BCUT2D eigenvalue weighted by atomic mass is 127. The zero-order chi connectivity index (χ0) is 18.8. The van der Waals surface area contributed by atoms with Crippen LogP contribution in [0.5, 0.6) is 0 Å². The molecule has 8 heteroatoms. The van der Waals surface area contributed by atoms with Gasteiger partial charge in [0.05, 0.1) is 19.8 Å². The van der Waals surface area contributed by atoms with Crippen LogP contribution >= 0.6 is 24.0 Å². The predicted octanol–water partition coefficient (Wildman–Crippen LogP) is 1.72. The van der Waals surface area contributed by atoms with E-state index in [0.717, 1.165) is 51.6 Å². The van der Waals surface area contributed by atoms with Crippen molar-refractivity contribution in [2.24, 2.45) is 4.99 Å². The quantitative estimate of drug-likeness (QED) is 0.272. The van der Waals surface area contributed by atoms with Crippen LogP contribution in [0.1, 0.15) is 52.9 Å². The molecule has 0 unspecified atom stereocenters. The van der Waals surface area contributed by atoms with Gasteiger partial charge in [0.1, 0.15) is 0 Å². The van der Waals surface area contributed by atoms with Gasteiger partial charge in [-0.1, -0.05) is 12.8 Å². The van der Waals surface area contributed by atoms with Gasteiger partial charge in [0.25, 0.3) is 0 Å². The SMILES string of the molecule is CCNC(=NCC(C)(C)N1CCOCC1)NCCC(=O)NC1CCCC1.I. The number of nitrogens with one attached hydrogen (secondary N) is 3. The zero-order valence-corrected chi connectivity index (χ0v) is 19.5. The van der Waals surface area contributed by atoms with Crippen LogP contribution in [0.15, 0.2) is 4.99 Å². The summed E-state index contributed by atoms with van der Waals surface area (Å²) in [6.45, 7) is 12.1. The number of rotatable bonds is 8. The van der Waals surface area contributed by atoms with Gasteiger partial charge in [-0.15, -0.1) is 24.0 Å². The summed E-state index contributed by atoms with van der Waals surface area (Å²) in [5.74, 6) is 0.913. The summed E-state index contributed by atoms with van der Waals surface area (Å²) in [6, 6.07) is 0.388. The highest BCUT2D eigenvalue weighted by Gasteiger charge is 2.28. The lowest BCUT2D eigenvalue weighted by Gasteiger charge is -2.39. The number of aliphatic imine (C=N–C) groups is 1. The standard InChI is InChI=1S/C19H37N5O2.HI/c1-4-20-18(21-10-9-17(25)23-16-7-5-6-8-16)22-15-19(2,3)24-11-13-26-14-12-24;/h16H,4-15H2,1-3H3,(H,23,25)(H2,20,21,22);1H. The molecule has 0 aromatic heterocycles. The summed E-state index contributed by atoms with van der Waals surface area (Å²) in [7, 11) is 0. The highest BCUT2D eigenvalue weighted by molar-refractivity contribution is 14.0. The molecule has 1 aliphatic heterocycles. The first-order valence-electron chi connectivity index (χ1n) is 10.2. The Morgan fingerprint density at radius 3 is 2.48 bits per heavy atom. The highest BCUT2D eigenvalue weighted by Crippen LogP contribution is 2.18. The molecule has 7 nitrogen and oxygen atoms in total. The van der Waals surface area contributed by atoms with Crippen molar-refractivity contribution in [1.82, 2.24) is 20.9 Å². The van der Waals surface area contributed by atoms with E-state index in [9.17, 15) is 4.79 Å². The molecule has 2 fully saturated rings. The molecule has 0 spiro atoms. The monoisotopic (exact) mass is 495 g/mol. The molecule has 0 aromatic carbocycles. The van der Waals surface area contributed by atoms with Crippen molar-refractivity contribution in [3.8, 4) is 0 Å². The molecule has 1 heterocycles. The number of hydrogen-bond donors (Lipinski definition) is 3. The van der Waals surface area contributed by atoms with Crippen LogP contribution in [0, 0.1) is 0 Å². The van der Waals surface area contributed by atoms with E-state index in [0.29, 0.717) is 25.6 Å². The van der Waals surface area contributed by atoms with Crippen molar-refractivity contribution in [2.45, 2.75) is 64.5 Å². The summed E-state index contributed by atoms with van der Waals surface area (Å²) in [5, 5.41) is 9.68. The van der Waals surface area contributed by atoms with Crippen LogP contribution in [-0.2, 0) is 9.53 Å². The minimum Gasteiger partial charge on any atom is -0.379 e. The molecule has 0 atom stereocenters. The third kappa shape index (κ3) is 8.95. The van der Waals surface area contributed by atoms with E-state index in [1.165, 1.54) is 12.8 Å². The number of hydrogen-bond acceptors (Lipinski definition) is 4. The normalized spacial score (nSPS) is 19.4. The molecule has 27 heavy (non-hydrogen) atoms. The fourth-order valence-electron chi connectivity index (χ4n) is 3.55. The van der Waals surface area contributed by atoms with Crippen LogP contribution in [0.4, 0.5) is 0 Å². The van der Waals surface area contributed by atoms with Gasteiger partial charge in [0.2, 0.25) is 5.91 Å². The Morgan fingerprint density at radius 2 is 1.85 bits per heavy atom. The first kappa shape index (κ1) is 24.4. The van der Waals surface area contributed by atoms with Crippen LogP contribution < -0.4 is 16.0 Å². The molecule has 0 aromatic rings. The van der Waals surface area contributed by atoms with Gasteiger partial charge in [0, 0.05) is 44.2 Å². The first-order chi connectivity index (χ1) is 12.5. The molecular weight excluding hydrogens is 457 g/mol. The second-order valence-electron chi connectivity index (χ2n) is 7.83. The van der Waals surface area contributed by atoms with Gasteiger partial charge in [0.15, 0.2) is 5.96 Å². The Kier molecular flexibility index (Phi) is 11.6. The van der Waals surface area contributed by atoms with E-state index in [1.807, 2.05) is 0 Å². The van der Waals surface area contributed by atoms with E-state index in [4.69, 9.17) is 9.73 Å². The number of carbonyl (C=O) groups excluding carboxylic acids is 1. The molecule has 1 saturated heterocycles. The summed E-state index contributed by atoms with van der Waals surface area (Å²) < 4.78 is 5.44. The van der Waals surface area contributed by atoms with Crippen molar-refractivity contribution >= 4 is 35.8 Å². The van der Waals surface area contributed by atoms with Gasteiger partial charge in [-0.2, -0.15) is 0 Å². The average Bonchev–Trinajstić information content (AvgIpc) is 3.13. The van der Waals surface area contributed by atoms with Gasteiger partial charge in [-0.25, -0.2) is 0 Å². The van der Waals surface area contributed by atoms with Crippen LogP contribution in [-0.4, -0.2) is 74.3 Å². The lowest BCUT2D eigenvalue weighted by atomic mass is 10.0. The van der Waals surface area contributed by atoms with E-state index >= 15 is 0 Å². The maximum atomic E-state index is 12.0. The number of morpholine rings is 1. The maximum Gasteiger partial charge on any atom is 0.221 e. The zero-order valence-electron chi connectivity index (χ0n) is 17.2. The summed E-state index contributed by atoms with van der Waals surface area (Å²) in [5.41, 5.74) is -0.00796. The number of ether oxygens (including phenoxy) is 1. The van der Waals surface area contributed by atoms with E-state index < -0.39 is 0 Å². The van der Waals surface area contributed by atoms with Gasteiger partial charge < -0.3 is 20.7 Å². The topological polar surface area (TPSA) is 78.0 Å². The van der Waals surface area contributed by atoms with Gasteiger partial charge in [-0.05, 0) is 33.6 Å². The number of carbonyl (C=O) groups is 1. The molecule has 3 N–H and O–H groups in total. The Hall–Kier alpha value is -0.610. The number of nitrogens with zero attached hydrogens (tertiary/aromatic N) is 2. The Labute approximate surface area is 181 Å². The molecule has 0 bridgehead atoms. The number of guanidine groups is 1. The minimum atomic E-state index is -0.00796. The summed E-state index contributed by atoms with van der Waals surface area (Å²) in [4.78, 5) is 19.2. The Bertz CT molecular complexity index is 461. The predicted molar refractivity (Wildman–Crippen MR) is 121 cm³/mol. The van der Waals surface area contributed by atoms with Crippen LogP contribution in [0.2, 0.25) is 0 Å². The van der Waals surface area contributed by atoms with Crippen molar-refractivity contribution in [3.05, 3.63) is 0 Å². The van der Waals surface area contributed by atoms with Gasteiger partial charge in [-0.3, -0.25) is 14.7 Å². The number of halogens is 1. The molecule has 2 aliphatic rings. The minimum absolute atomic E-state index is 0. The van der Waals surface area contributed by atoms with E-state index in [1.54, 1.807) is 0 Å². The molecule has 1 saturated carbocycles. The lowest BCUT2D eigenvalue weighted by Crippen LogP contribution is -2.52. The molecule has 1 aliphatic carbocycles. The Morgan fingerprint density at radius 1 is 1.19 bits per heavy atom. The van der Waals surface area contributed by atoms with Crippen molar-refractivity contribution in [3.63, 3.8) is 0 Å². The molecule has 2 rings (SSSR count). The third-order valence-electron chi connectivity index (χ3n) is 5.20. The largest absolute Gasteiger partial charge is 0.379 e. The van der Waals surface area contributed by atoms with Crippen LogP contribution in [0.3, 0.4) is 0 Å². The van der Waals surface area contributed by atoms with Crippen molar-refractivity contribution < 1.29 is 9.53 Å². The van der Waals surface area contributed by atoms with Crippen LogP contribution in [0.25, 0.3) is 0 Å². The fraction of sp³-hybridized carbons (Fsp3) is 0.895. The molecule has 158 valence electrons. The second-order valence-corrected chi connectivity index (χ2v) is 7.83. The number of amides is 1. The summed E-state index contributed by atoms with van der Waals surface area (Å²) in [6.07, 6.45) is 5.20. The first-order valence-corrected chi connectivity index (χ1v) is 10.2. The van der Waals surface area contributed by atoms with Gasteiger partial charge >= 0.3 is 0 Å². The molecule has 0 radical (unpaired) electrons. The Balaban J connectivity index is 0.00000364. The average molecular weight is 495 g/mol. The smallest absolute Gasteiger partial charge is 0.221 e.